The van der Waals surface area contributed by atoms with E-state index in [9.17, 15) is 4.79 Å². The van der Waals surface area contributed by atoms with Crippen LogP contribution in [0.15, 0.2) is 22.7 Å². The summed E-state index contributed by atoms with van der Waals surface area (Å²) >= 11 is 9.28. The Morgan fingerprint density at radius 2 is 2.27 bits per heavy atom. The Hall–Kier alpha value is -1.00. The fraction of sp³-hybridized carbons (Fsp3) is 0.100. The summed E-state index contributed by atoms with van der Waals surface area (Å²) in [4.78, 5) is 14.2. The van der Waals surface area contributed by atoms with Gasteiger partial charge in [0.1, 0.15) is 5.69 Å². The number of rotatable bonds is 1. The molecule has 15 heavy (non-hydrogen) atoms. The molecule has 2 rings (SSSR count). The number of aromatic amines is 1. The monoisotopic (exact) mass is 287 g/mol. The van der Waals surface area contributed by atoms with Gasteiger partial charge in [0.05, 0.1) is 22.1 Å². The molecule has 0 unspecified atom stereocenters. The molecule has 0 aliphatic carbocycles. The van der Waals surface area contributed by atoms with Crippen LogP contribution in [0.2, 0.25) is 5.02 Å². The smallest absolute Gasteiger partial charge is 0.354 e. The zero-order valence-corrected chi connectivity index (χ0v) is 10.1. The molecule has 5 heteroatoms. The van der Waals surface area contributed by atoms with Crippen LogP contribution in [0.3, 0.4) is 0 Å². The average molecular weight is 289 g/mol. The molecular formula is C10H7BrClNO2. The van der Waals surface area contributed by atoms with Crippen LogP contribution in [-0.4, -0.2) is 18.1 Å². The molecule has 0 saturated heterocycles. The molecule has 0 atom stereocenters. The Morgan fingerprint density at radius 1 is 1.53 bits per heavy atom. The van der Waals surface area contributed by atoms with E-state index < -0.39 is 5.97 Å². The number of nitrogens with one attached hydrogen (secondary N) is 1. The Labute approximate surface area is 99.5 Å². The Morgan fingerprint density at radius 3 is 2.93 bits per heavy atom. The third-order valence-electron chi connectivity index (χ3n) is 2.09. The molecule has 1 heterocycles. The second-order valence-corrected chi connectivity index (χ2v) is 4.20. The van der Waals surface area contributed by atoms with E-state index in [0.29, 0.717) is 10.7 Å². The number of H-pyrrole nitrogens is 1. The molecule has 0 amide bonds. The highest BCUT2D eigenvalue weighted by Crippen LogP contribution is 2.31. The minimum absolute atomic E-state index is 0.394. The predicted molar refractivity (Wildman–Crippen MR) is 62.3 cm³/mol. The molecule has 0 saturated carbocycles. The number of ether oxygens (including phenoxy) is 1. The number of aromatic nitrogens is 1. The minimum Gasteiger partial charge on any atom is -0.464 e. The fourth-order valence-electron chi connectivity index (χ4n) is 1.36. The van der Waals surface area contributed by atoms with Gasteiger partial charge in [-0.15, -0.1) is 0 Å². The van der Waals surface area contributed by atoms with Crippen molar-refractivity contribution in [3.05, 3.63) is 33.4 Å². The summed E-state index contributed by atoms with van der Waals surface area (Å²) in [7, 11) is 1.34. The van der Waals surface area contributed by atoms with E-state index in [1.165, 1.54) is 7.11 Å². The van der Waals surface area contributed by atoms with E-state index in [-0.39, 0.29) is 0 Å². The molecule has 0 bridgehead atoms. The zero-order valence-electron chi connectivity index (χ0n) is 7.80. The number of carbonyl (C=O) groups excluding carboxylic acids is 1. The molecule has 3 nitrogen and oxygen atoms in total. The second-order valence-electron chi connectivity index (χ2n) is 3.00. The van der Waals surface area contributed by atoms with Crippen molar-refractivity contribution in [3.8, 4) is 0 Å². The maximum atomic E-state index is 11.3. The van der Waals surface area contributed by atoms with Crippen LogP contribution in [0, 0.1) is 0 Å². The largest absolute Gasteiger partial charge is 0.464 e. The van der Waals surface area contributed by atoms with Crippen LogP contribution in [0.25, 0.3) is 10.9 Å². The topological polar surface area (TPSA) is 42.1 Å². The SMILES string of the molecule is COC(=O)c1cc2ccc(Cl)c(Br)c2[nH]1. The summed E-state index contributed by atoms with van der Waals surface area (Å²) < 4.78 is 5.36. The number of halogens is 2. The fourth-order valence-corrected chi connectivity index (χ4v) is 1.98. The number of hydrogen-bond acceptors (Lipinski definition) is 2. The van der Waals surface area contributed by atoms with Gasteiger partial charge in [0.2, 0.25) is 0 Å². The first-order chi connectivity index (χ1) is 7.13. The predicted octanol–water partition coefficient (Wildman–Crippen LogP) is 3.37. The van der Waals surface area contributed by atoms with E-state index in [4.69, 9.17) is 11.6 Å². The maximum Gasteiger partial charge on any atom is 0.354 e. The van der Waals surface area contributed by atoms with Gasteiger partial charge in [-0.2, -0.15) is 0 Å². The molecule has 0 aliphatic rings. The lowest BCUT2D eigenvalue weighted by molar-refractivity contribution is 0.0595. The Kier molecular flexibility index (Phi) is 2.71. The van der Waals surface area contributed by atoms with Crippen molar-refractivity contribution in [2.75, 3.05) is 7.11 Å². The van der Waals surface area contributed by atoms with E-state index in [1.807, 2.05) is 6.07 Å². The number of esters is 1. The van der Waals surface area contributed by atoms with E-state index in [1.54, 1.807) is 12.1 Å². The van der Waals surface area contributed by atoms with Gasteiger partial charge in [-0.25, -0.2) is 4.79 Å². The highest BCUT2D eigenvalue weighted by Gasteiger charge is 2.12. The van der Waals surface area contributed by atoms with Crippen molar-refractivity contribution in [1.29, 1.82) is 0 Å². The lowest BCUT2D eigenvalue weighted by Gasteiger charge is -1.96. The van der Waals surface area contributed by atoms with Crippen LogP contribution >= 0.6 is 27.5 Å². The number of carbonyl (C=O) groups is 1. The van der Waals surface area contributed by atoms with Gasteiger partial charge >= 0.3 is 5.97 Å². The van der Waals surface area contributed by atoms with Crippen LogP contribution < -0.4 is 0 Å². The summed E-state index contributed by atoms with van der Waals surface area (Å²) in [6.45, 7) is 0. The Bertz CT molecular complexity index is 535. The van der Waals surface area contributed by atoms with Crippen LogP contribution in [0.4, 0.5) is 0 Å². The summed E-state index contributed by atoms with van der Waals surface area (Å²) in [6, 6.07) is 5.33. The van der Waals surface area contributed by atoms with Gasteiger partial charge in [-0.05, 0) is 28.1 Å². The normalized spacial score (nSPS) is 10.6. The van der Waals surface area contributed by atoms with Crippen LogP contribution in [0.5, 0.6) is 0 Å². The van der Waals surface area contributed by atoms with Crippen molar-refractivity contribution in [3.63, 3.8) is 0 Å². The first kappa shape index (κ1) is 10.5. The van der Waals surface area contributed by atoms with Crippen molar-refractivity contribution in [1.82, 2.24) is 4.98 Å². The summed E-state index contributed by atoms with van der Waals surface area (Å²) in [5.41, 5.74) is 1.21. The third-order valence-corrected chi connectivity index (χ3v) is 3.46. The minimum atomic E-state index is -0.394. The van der Waals surface area contributed by atoms with Gasteiger partial charge in [0, 0.05) is 5.39 Å². The molecule has 2 aromatic rings. The van der Waals surface area contributed by atoms with Gasteiger partial charge in [0.25, 0.3) is 0 Å². The standard InChI is InChI=1S/C10H7BrClNO2/c1-15-10(14)7-4-5-2-3-6(12)8(11)9(5)13-7/h2-4,13H,1H3. The number of methoxy groups -OCH3 is 1. The molecule has 0 spiro atoms. The Balaban J connectivity index is 2.66. The average Bonchev–Trinajstić information content (AvgIpc) is 2.67. The molecule has 0 fully saturated rings. The first-order valence-corrected chi connectivity index (χ1v) is 5.35. The van der Waals surface area contributed by atoms with E-state index >= 15 is 0 Å². The molecule has 78 valence electrons. The second kappa shape index (κ2) is 3.87. The van der Waals surface area contributed by atoms with Gasteiger partial charge in [-0.3, -0.25) is 0 Å². The molecule has 1 aromatic heterocycles. The number of benzene rings is 1. The molecule has 0 aliphatic heterocycles. The quantitative estimate of drug-likeness (QED) is 0.818. The van der Waals surface area contributed by atoms with Crippen molar-refractivity contribution in [2.45, 2.75) is 0 Å². The number of fused-ring (bicyclic) bond motifs is 1. The van der Waals surface area contributed by atoms with Crippen molar-refractivity contribution in [2.24, 2.45) is 0 Å². The van der Waals surface area contributed by atoms with Crippen LogP contribution in [-0.2, 0) is 4.74 Å². The zero-order chi connectivity index (χ0) is 11.0. The van der Waals surface area contributed by atoms with Crippen LogP contribution in [0.1, 0.15) is 10.5 Å². The lowest BCUT2D eigenvalue weighted by atomic mass is 10.2. The highest BCUT2D eigenvalue weighted by molar-refractivity contribution is 9.10. The number of hydrogen-bond donors (Lipinski definition) is 1. The molecule has 0 radical (unpaired) electrons. The van der Waals surface area contributed by atoms with Gasteiger partial charge in [-0.1, -0.05) is 17.7 Å². The summed E-state index contributed by atoms with van der Waals surface area (Å²) in [6.07, 6.45) is 0. The van der Waals surface area contributed by atoms with Gasteiger partial charge in [0.15, 0.2) is 0 Å². The lowest BCUT2D eigenvalue weighted by Crippen LogP contribution is -2.00. The van der Waals surface area contributed by atoms with Crippen molar-refractivity contribution >= 4 is 44.4 Å². The highest BCUT2D eigenvalue weighted by atomic mass is 79.9. The molecule has 1 aromatic carbocycles. The first-order valence-electron chi connectivity index (χ1n) is 4.18. The van der Waals surface area contributed by atoms with Crippen molar-refractivity contribution < 1.29 is 9.53 Å². The van der Waals surface area contributed by atoms with E-state index in [0.717, 1.165) is 15.4 Å². The maximum absolute atomic E-state index is 11.3. The molecule has 1 N–H and O–H groups in total. The van der Waals surface area contributed by atoms with Gasteiger partial charge < -0.3 is 9.72 Å². The van der Waals surface area contributed by atoms with E-state index in [2.05, 4.69) is 25.7 Å². The third kappa shape index (κ3) is 1.75. The summed E-state index contributed by atoms with van der Waals surface area (Å²) in [5, 5.41) is 1.51. The summed E-state index contributed by atoms with van der Waals surface area (Å²) in [5.74, 6) is -0.394. The molecular weight excluding hydrogens is 281 g/mol.